The highest BCUT2D eigenvalue weighted by Crippen LogP contribution is 2.16. The molecule has 0 radical (unpaired) electrons. The number of likely N-dealkylation sites (tertiary alicyclic amines) is 1. The van der Waals surface area contributed by atoms with Crippen LogP contribution in [0.5, 0.6) is 0 Å². The van der Waals surface area contributed by atoms with Gasteiger partial charge in [0.2, 0.25) is 5.91 Å². The van der Waals surface area contributed by atoms with Gasteiger partial charge in [-0.05, 0) is 26.3 Å². The summed E-state index contributed by atoms with van der Waals surface area (Å²) in [5, 5.41) is 17.7. The van der Waals surface area contributed by atoms with Crippen molar-refractivity contribution >= 4 is 5.91 Å². The van der Waals surface area contributed by atoms with Crippen LogP contribution in [-0.2, 0) is 4.79 Å². The fourth-order valence-electron chi connectivity index (χ4n) is 2.23. The predicted molar refractivity (Wildman–Crippen MR) is 64.2 cm³/mol. The first kappa shape index (κ1) is 13.9. The van der Waals surface area contributed by atoms with Crippen molar-refractivity contribution in [3.05, 3.63) is 0 Å². The van der Waals surface area contributed by atoms with Crippen LogP contribution in [0.2, 0.25) is 0 Å². The third kappa shape index (κ3) is 3.99. The van der Waals surface area contributed by atoms with E-state index in [2.05, 4.69) is 6.07 Å². The molecule has 1 saturated heterocycles. The van der Waals surface area contributed by atoms with Gasteiger partial charge in [-0.15, -0.1) is 0 Å². The Morgan fingerprint density at radius 3 is 3.00 bits per heavy atom. The van der Waals surface area contributed by atoms with Gasteiger partial charge in [0.1, 0.15) is 0 Å². The Morgan fingerprint density at radius 2 is 2.41 bits per heavy atom. The van der Waals surface area contributed by atoms with Crippen LogP contribution in [-0.4, -0.2) is 59.6 Å². The average Bonchev–Trinajstić information content (AvgIpc) is 2.77. The van der Waals surface area contributed by atoms with Crippen molar-refractivity contribution < 1.29 is 9.90 Å². The molecule has 5 nitrogen and oxygen atoms in total. The number of hydrogen-bond donors (Lipinski definition) is 1. The van der Waals surface area contributed by atoms with Gasteiger partial charge in [0, 0.05) is 19.1 Å². The first-order valence-electron chi connectivity index (χ1n) is 6.22. The number of aliphatic hydroxyl groups is 1. The zero-order chi connectivity index (χ0) is 12.7. The molecule has 0 unspecified atom stereocenters. The Hall–Kier alpha value is -1.12. The monoisotopic (exact) mass is 239 g/mol. The molecule has 0 aromatic heterocycles. The first-order chi connectivity index (χ1) is 8.22. The molecule has 1 N–H and O–H groups in total. The lowest BCUT2D eigenvalue weighted by Crippen LogP contribution is -2.43. The molecule has 1 rings (SSSR count). The molecule has 0 spiro atoms. The van der Waals surface area contributed by atoms with Crippen LogP contribution in [0.25, 0.3) is 0 Å². The Balaban J connectivity index is 2.43. The van der Waals surface area contributed by atoms with Crippen molar-refractivity contribution in [2.24, 2.45) is 0 Å². The molecule has 1 amide bonds. The summed E-state index contributed by atoms with van der Waals surface area (Å²) < 4.78 is 0. The normalized spacial score (nSPS) is 20.2. The van der Waals surface area contributed by atoms with E-state index in [1.54, 1.807) is 4.90 Å². The molecular formula is C12H21N3O2. The minimum absolute atomic E-state index is 0.0584. The highest BCUT2D eigenvalue weighted by Gasteiger charge is 2.26. The summed E-state index contributed by atoms with van der Waals surface area (Å²) >= 11 is 0. The van der Waals surface area contributed by atoms with Gasteiger partial charge >= 0.3 is 0 Å². The molecule has 1 aliphatic heterocycles. The van der Waals surface area contributed by atoms with Crippen LogP contribution in [0.3, 0.4) is 0 Å². The number of nitriles is 1. The fourth-order valence-corrected chi connectivity index (χ4v) is 2.23. The van der Waals surface area contributed by atoms with Crippen LogP contribution in [0.15, 0.2) is 0 Å². The molecule has 1 heterocycles. The van der Waals surface area contributed by atoms with E-state index in [4.69, 9.17) is 5.26 Å². The zero-order valence-electron chi connectivity index (χ0n) is 10.4. The van der Waals surface area contributed by atoms with E-state index in [-0.39, 0.29) is 18.6 Å². The SMILES string of the molecule is CCN(CCC#N)C(=O)CN1CCC[C@@H]1CO. The van der Waals surface area contributed by atoms with Crippen LogP contribution < -0.4 is 0 Å². The highest BCUT2D eigenvalue weighted by atomic mass is 16.3. The Morgan fingerprint density at radius 1 is 1.65 bits per heavy atom. The topological polar surface area (TPSA) is 67.6 Å². The summed E-state index contributed by atoms with van der Waals surface area (Å²) in [5.41, 5.74) is 0. The maximum atomic E-state index is 12.0. The smallest absolute Gasteiger partial charge is 0.236 e. The third-order valence-corrected chi connectivity index (χ3v) is 3.28. The number of rotatable bonds is 6. The molecule has 0 aliphatic carbocycles. The Labute approximate surface area is 103 Å². The summed E-state index contributed by atoms with van der Waals surface area (Å²) in [7, 11) is 0. The number of likely N-dealkylation sites (N-methyl/N-ethyl adjacent to an activating group) is 1. The lowest BCUT2D eigenvalue weighted by Gasteiger charge is -2.26. The molecule has 17 heavy (non-hydrogen) atoms. The first-order valence-corrected chi connectivity index (χ1v) is 6.22. The van der Waals surface area contributed by atoms with Crippen LogP contribution >= 0.6 is 0 Å². The van der Waals surface area contributed by atoms with Crippen molar-refractivity contribution in [1.29, 1.82) is 5.26 Å². The van der Waals surface area contributed by atoms with Gasteiger partial charge in [0.05, 0.1) is 25.6 Å². The van der Waals surface area contributed by atoms with Crippen LogP contribution in [0.4, 0.5) is 0 Å². The lowest BCUT2D eigenvalue weighted by molar-refractivity contribution is -0.132. The molecule has 1 atom stereocenters. The number of carbonyl (C=O) groups excluding carboxylic acids is 1. The quantitative estimate of drug-likeness (QED) is 0.719. The van der Waals surface area contributed by atoms with Crippen LogP contribution in [0.1, 0.15) is 26.2 Å². The molecule has 1 aliphatic rings. The highest BCUT2D eigenvalue weighted by molar-refractivity contribution is 5.78. The van der Waals surface area contributed by atoms with Gasteiger partial charge in [-0.2, -0.15) is 5.26 Å². The lowest BCUT2D eigenvalue weighted by atomic mass is 10.2. The maximum absolute atomic E-state index is 12.0. The number of aliphatic hydroxyl groups excluding tert-OH is 1. The van der Waals surface area contributed by atoms with E-state index in [9.17, 15) is 9.90 Å². The molecule has 96 valence electrons. The van der Waals surface area contributed by atoms with Crippen molar-refractivity contribution in [1.82, 2.24) is 9.80 Å². The number of nitrogens with zero attached hydrogens (tertiary/aromatic N) is 3. The second-order valence-electron chi connectivity index (χ2n) is 4.33. The van der Waals surface area contributed by atoms with Crippen molar-refractivity contribution in [2.45, 2.75) is 32.2 Å². The molecular weight excluding hydrogens is 218 g/mol. The van der Waals surface area contributed by atoms with Gasteiger partial charge in [-0.3, -0.25) is 9.69 Å². The summed E-state index contributed by atoms with van der Waals surface area (Å²) in [5.74, 6) is 0.0584. The van der Waals surface area contributed by atoms with E-state index < -0.39 is 0 Å². The summed E-state index contributed by atoms with van der Waals surface area (Å²) in [6.45, 7) is 4.43. The summed E-state index contributed by atoms with van der Waals surface area (Å²) in [6.07, 6.45) is 2.39. The maximum Gasteiger partial charge on any atom is 0.236 e. The Bertz CT molecular complexity index is 288. The van der Waals surface area contributed by atoms with Crippen LogP contribution in [0, 0.1) is 11.3 Å². The van der Waals surface area contributed by atoms with Gasteiger partial charge < -0.3 is 10.0 Å². The minimum Gasteiger partial charge on any atom is -0.395 e. The van der Waals surface area contributed by atoms with E-state index >= 15 is 0 Å². The molecule has 0 bridgehead atoms. The molecule has 0 saturated carbocycles. The number of carbonyl (C=O) groups is 1. The predicted octanol–water partition coefficient (Wildman–Crippen LogP) is 0.205. The second kappa shape index (κ2) is 7.25. The van der Waals surface area contributed by atoms with Gasteiger partial charge in [-0.1, -0.05) is 0 Å². The van der Waals surface area contributed by atoms with Crippen molar-refractivity contribution in [3.63, 3.8) is 0 Å². The van der Waals surface area contributed by atoms with Gasteiger partial charge in [-0.25, -0.2) is 0 Å². The van der Waals surface area contributed by atoms with E-state index in [0.717, 1.165) is 19.4 Å². The molecule has 0 aromatic carbocycles. The van der Waals surface area contributed by atoms with E-state index in [0.29, 0.717) is 26.1 Å². The Kier molecular flexibility index (Phi) is 5.95. The average molecular weight is 239 g/mol. The minimum atomic E-state index is 0.0584. The standard InChI is InChI=1S/C12H21N3O2/c1-2-14(8-4-6-13)12(17)9-15-7-3-5-11(15)10-16/h11,16H,2-5,7-10H2,1H3/t11-/m1/s1. The molecule has 0 aromatic rings. The molecule has 5 heteroatoms. The van der Waals surface area contributed by atoms with Gasteiger partial charge in [0.25, 0.3) is 0 Å². The van der Waals surface area contributed by atoms with Gasteiger partial charge in [0.15, 0.2) is 0 Å². The molecule has 1 fully saturated rings. The third-order valence-electron chi connectivity index (χ3n) is 3.28. The fraction of sp³-hybridized carbons (Fsp3) is 0.833. The number of hydrogen-bond acceptors (Lipinski definition) is 4. The number of amides is 1. The van der Waals surface area contributed by atoms with E-state index in [1.807, 2.05) is 11.8 Å². The second-order valence-corrected chi connectivity index (χ2v) is 4.33. The van der Waals surface area contributed by atoms with Crippen molar-refractivity contribution in [2.75, 3.05) is 32.8 Å². The van der Waals surface area contributed by atoms with Crippen molar-refractivity contribution in [3.8, 4) is 6.07 Å². The summed E-state index contributed by atoms with van der Waals surface area (Å²) in [6, 6.07) is 2.19. The zero-order valence-corrected chi connectivity index (χ0v) is 10.4. The summed E-state index contributed by atoms with van der Waals surface area (Å²) in [4.78, 5) is 15.7. The largest absolute Gasteiger partial charge is 0.395 e. The van der Waals surface area contributed by atoms with E-state index in [1.165, 1.54) is 0 Å².